The lowest BCUT2D eigenvalue weighted by Crippen LogP contribution is -1.85. The van der Waals surface area contributed by atoms with Crippen LogP contribution in [0.1, 0.15) is 10.6 Å². The van der Waals surface area contributed by atoms with Gasteiger partial charge in [-0.25, -0.2) is 9.97 Å². The molecule has 0 aliphatic carbocycles. The Morgan fingerprint density at radius 3 is 2.93 bits per heavy atom. The maximum Gasteiger partial charge on any atom is 0.152 e. The highest BCUT2D eigenvalue weighted by Gasteiger charge is 2.07. The van der Waals surface area contributed by atoms with Crippen LogP contribution >= 0.6 is 34.3 Å². The lowest BCUT2D eigenvalue weighted by Gasteiger charge is -1.87. The van der Waals surface area contributed by atoms with E-state index >= 15 is 0 Å². The van der Waals surface area contributed by atoms with Crippen LogP contribution in [0.3, 0.4) is 0 Å². The molecule has 0 aliphatic rings. The van der Waals surface area contributed by atoms with E-state index in [1.165, 1.54) is 4.88 Å². The monoisotopic (exact) mass is 244 g/mol. The van der Waals surface area contributed by atoms with E-state index < -0.39 is 0 Å². The maximum atomic E-state index is 5.65. The predicted molar refractivity (Wildman–Crippen MR) is 62.4 cm³/mol. The van der Waals surface area contributed by atoms with Crippen molar-refractivity contribution in [3.05, 3.63) is 22.1 Å². The first-order valence-electron chi connectivity index (χ1n) is 4.23. The molecule has 0 atom stereocenters. The molecule has 2 rings (SSSR count). The smallest absolute Gasteiger partial charge is 0.152 e. The van der Waals surface area contributed by atoms with Gasteiger partial charge in [0, 0.05) is 28.8 Å². The van der Waals surface area contributed by atoms with Crippen molar-refractivity contribution >= 4 is 34.3 Å². The van der Waals surface area contributed by atoms with Crippen molar-refractivity contribution in [2.24, 2.45) is 0 Å². The van der Waals surface area contributed by atoms with Crippen LogP contribution in [0.4, 0.5) is 0 Å². The largest absolute Gasteiger partial charge is 0.242 e. The van der Waals surface area contributed by atoms with Crippen LogP contribution in [-0.4, -0.2) is 15.8 Å². The summed E-state index contributed by atoms with van der Waals surface area (Å²) in [5.74, 6) is 0.625. The third kappa shape index (κ3) is 2.13. The van der Waals surface area contributed by atoms with Crippen LogP contribution in [0.5, 0.6) is 0 Å². The van der Waals surface area contributed by atoms with Gasteiger partial charge in [-0.3, -0.25) is 0 Å². The van der Waals surface area contributed by atoms with Gasteiger partial charge >= 0.3 is 0 Å². The summed E-state index contributed by atoms with van der Waals surface area (Å²) in [5, 5.41) is 4.06. The van der Waals surface area contributed by atoms with Gasteiger partial charge in [0.25, 0.3) is 0 Å². The molecule has 2 aromatic heterocycles. The number of aromatic nitrogens is 2. The van der Waals surface area contributed by atoms with Gasteiger partial charge in [0.1, 0.15) is 0 Å². The van der Waals surface area contributed by atoms with Crippen molar-refractivity contribution in [3.63, 3.8) is 0 Å². The van der Waals surface area contributed by atoms with E-state index in [0.29, 0.717) is 5.88 Å². The maximum absolute atomic E-state index is 5.65. The molecular formula is C9H9ClN2S2. The first kappa shape index (κ1) is 10.1. The minimum absolute atomic E-state index is 0.625. The second kappa shape index (κ2) is 4.38. The highest BCUT2D eigenvalue weighted by atomic mass is 35.5. The summed E-state index contributed by atoms with van der Waals surface area (Å²) in [6.45, 7) is 2.05. The lowest BCUT2D eigenvalue weighted by molar-refractivity contribution is 1.07. The molecule has 2 heterocycles. The van der Waals surface area contributed by atoms with E-state index in [4.69, 9.17) is 11.6 Å². The van der Waals surface area contributed by atoms with E-state index in [2.05, 4.69) is 22.3 Å². The third-order valence-electron chi connectivity index (χ3n) is 1.71. The topological polar surface area (TPSA) is 25.8 Å². The van der Waals surface area contributed by atoms with E-state index in [1.807, 2.05) is 6.20 Å². The minimum Gasteiger partial charge on any atom is -0.242 e. The van der Waals surface area contributed by atoms with Gasteiger partial charge in [0.15, 0.2) is 10.0 Å². The third-order valence-corrected chi connectivity index (χ3v) is 3.84. The van der Waals surface area contributed by atoms with Gasteiger partial charge in [-0.1, -0.05) is 0 Å². The summed E-state index contributed by atoms with van der Waals surface area (Å²) < 4.78 is 0. The van der Waals surface area contributed by atoms with Crippen molar-refractivity contribution in [1.29, 1.82) is 0 Å². The molecule has 0 aromatic carbocycles. The molecule has 0 saturated carbocycles. The minimum atomic E-state index is 0.625. The number of nitrogens with zero attached hydrogens (tertiary/aromatic N) is 2. The number of aryl methyl sites for hydroxylation is 2. The second-order valence-corrected chi connectivity index (χ2v) is 5.33. The summed E-state index contributed by atoms with van der Waals surface area (Å²) in [6.07, 6.45) is 2.71. The molecular weight excluding hydrogens is 236 g/mol. The van der Waals surface area contributed by atoms with E-state index in [9.17, 15) is 0 Å². The average Bonchev–Trinajstić information content (AvgIpc) is 2.74. The van der Waals surface area contributed by atoms with Gasteiger partial charge in [-0.2, -0.15) is 0 Å². The fourth-order valence-corrected chi connectivity index (χ4v) is 2.92. The fourth-order valence-electron chi connectivity index (χ4n) is 1.07. The SMILES string of the molecule is Cc1cnc(-c2nc(CCCl)cs2)s1. The Morgan fingerprint density at radius 2 is 2.29 bits per heavy atom. The molecule has 74 valence electrons. The van der Waals surface area contributed by atoms with Crippen molar-refractivity contribution in [3.8, 4) is 10.0 Å². The zero-order valence-electron chi connectivity index (χ0n) is 7.66. The zero-order chi connectivity index (χ0) is 9.97. The normalized spacial score (nSPS) is 10.7. The first-order valence-corrected chi connectivity index (χ1v) is 6.46. The van der Waals surface area contributed by atoms with Crippen LogP contribution in [0.25, 0.3) is 10.0 Å². The molecule has 0 radical (unpaired) electrons. The second-order valence-electron chi connectivity index (χ2n) is 2.86. The number of hydrogen-bond acceptors (Lipinski definition) is 4. The van der Waals surface area contributed by atoms with Gasteiger partial charge < -0.3 is 0 Å². The van der Waals surface area contributed by atoms with Gasteiger partial charge in [-0.15, -0.1) is 34.3 Å². The van der Waals surface area contributed by atoms with Crippen molar-refractivity contribution in [2.75, 3.05) is 5.88 Å². The Balaban J connectivity index is 2.24. The molecule has 0 fully saturated rings. The van der Waals surface area contributed by atoms with Crippen LogP contribution in [0.15, 0.2) is 11.6 Å². The van der Waals surface area contributed by atoms with Crippen LogP contribution in [0.2, 0.25) is 0 Å². The summed E-state index contributed by atoms with van der Waals surface area (Å²) in [4.78, 5) is 9.98. The van der Waals surface area contributed by atoms with Gasteiger partial charge in [0.2, 0.25) is 0 Å². The Hall–Kier alpha value is -0.450. The molecule has 0 N–H and O–H groups in total. The van der Waals surface area contributed by atoms with Crippen molar-refractivity contribution in [2.45, 2.75) is 13.3 Å². The Morgan fingerprint density at radius 1 is 1.43 bits per heavy atom. The summed E-state index contributed by atoms with van der Waals surface area (Å²) in [6, 6.07) is 0. The molecule has 0 saturated heterocycles. The Bertz CT molecular complexity index is 422. The number of hydrogen-bond donors (Lipinski definition) is 0. The predicted octanol–water partition coefficient (Wildman–Crippen LogP) is 3.36. The van der Waals surface area contributed by atoms with Gasteiger partial charge in [-0.05, 0) is 6.92 Å². The first-order chi connectivity index (χ1) is 6.79. The molecule has 0 amide bonds. The number of rotatable bonds is 3. The van der Waals surface area contributed by atoms with E-state index in [-0.39, 0.29) is 0 Å². The zero-order valence-corrected chi connectivity index (χ0v) is 10.0. The lowest BCUT2D eigenvalue weighted by atomic mass is 10.4. The Labute approximate surface area is 95.6 Å². The quantitative estimate of drug-likeness (QED) is 0.774. The van der Waals surface area contributed by atoms with Crippen LogP contribution in [-0.2, 0) is 6.42 Å². The standard InChI is InChI=1S/C9H9ClN2S2/c1-6-4-11-8(14-6)9-12-7(2-3-10)5-13-9/h4-5H,2-3H2,1H3. The molecule has 5 heteroatoms. The van der Waals surface area contributed by atoms with Crippen LogP contribution < -0.4 is 0 Å². The highest BCUT2D eigenvalue weighted by Crippen LogP contribution is 2.27. The molecule has 0 bridgehead atoms. The summed E-state index contributed by atoms with van der Waals surface area (Å²) in [7, 11) is 0. The van der Waals surface area contributed by atoms with Crippen molar-refractivity contribution in [1.82, 2.24) is 9.97 Å². The van der Waals surface area contributed by atoms with Crippen LogP contribution in [0, 0.1) is 6.92 Å². The van der Waals surface area contributed by atoms with E-state index in [1.54, 1.807) is 22.7 Å². The van der Waals surface area contributed by atoms with Crippen molar-refractivity contribution < 1.29 is 0 Å². The number of halogens is 1. The number of thiazole rings is 2. The fraction of sp³-hybridized carbons (Fsp3) is 0.333. The Kier molecular flexibility index (Phi) is 3.15. The number of alkyl halides is 1. The molecule has 0 aliphatic heterocycles. The molecule has 14 heavy (non-hydrogen) atoms. The average molecular weight is 245 g/mol. The molecule has 0 unspecified atom stereocenters. The van der Waals surface area contributed by atoms with Gasteiger partial charge in [0.05, 0.1) is 5.69 Å². The molecule has 2 aromatic rings. The molecule has 0 spiro atoms. The van der Waals surface area contributed by atoms with E-state index in [0.717, 1.165) is 22.1 Å². The summed E-state index contributed by atoms with van der Waals surface area (Å²) >= 11 is 8.96. The molecule has 2 nitrogen and oxygen atoms in total. The highest BCUT2D eigenvalue weighted by molar-refractivity contribution is 7.20. The summed E-state index contributed by atoms with van der Waals surface area (Å²) in [5.41, 5.74) is 1.06.